The van der Waals surface area contributed by atoms with Crippen molar-refractivity contribution in [3.8, 4) is 0 Å². The van der Waals surface area contributed by atoms with Crippen LogP contribution in [0.2, 0.25) is 0 Å². The van der Waals surface area contributed by atoms with Gasteiger partial charge >= 0.3 is 12.1 Å². The average Bonchev–Trinajstić information content (AvgIpc) is 2.73. The molecule has 1 fully saturated rings. The van der Waals surface area contributed by atoms with Crippen LogP contribution in [0.1, 0.15) is 33.1 Å². The number of nitrogens with two attached hydrogens (primary N) is 1. The maximum Gasteiger partial charge on any atom is 0.406 e. The first-order chi connectivity index (χ1) is 8.98. The summed E-state index contributed by atoms with van der Waals surface area (Å²) in [5, 5.41) is 8.92. The lowest BCUT2D eigenvalue weighted by atomic mass is 9.86. The summed E-state index contributed by atoms with van der Waals surface area (Å²) in [4.78, 5) is 24.1. The number of nitrogens with zero attached hydrogens (tertiary/aromatic N) is 1. The van der Waals surface area contributed by atoms with Crippen LogP contribution in [-0.4, -0.2) is 46.7 Å². The lowest BCUT2D eigenvalue weighted by Crippen LogP contribution is -2.54. The number of carboxylic acid groups (broad SMARTS) is 1. The minimum absolute atomic E-state index is 0.249. The van der Waals surface area contributed by atoms with E-state index in [4.69, 9.17) is 10.8 Å². The molecular formula is C12H19F3N2O3. The van der Waals surface area contributed by atoms with E-state index >= 15 is 0 Å². The van der Waals surface area contributed by atoms with Gasteiger partial charge in [0.2, 0.25) is 5.91 Å². The Morgan fingerprint density at radius 3 is 2.30 bits per heavy atom. The third-order valence-corrected chi connectivity index (χ3v) is 3.77. The van der Waals surface area contributed by atoms with Gasteiger partial charge in [-0.1, -0.05) is 13.3 Å². The van der Waals surface area contributed by atoms with Gasteiger partial charge in [0.1, 0.15) is 0 Å². The molecule has 3 N–H and O–H groups in total. The van der Waals surface area contributed by atoms with Crippen molar-refractivity contribution in [1.82, 2.24) is 4.90 Å². The summed E-state index contributed by atoms with van der Waals surface area (Å²) in [6, 6.07) is 0. The predicted molar refractivity (Wildman–Crippen MR) is 64.8 cm³/mol. The Hall–Kier alpha value is -1.31. The fourth-order valence-corrected chi connectivity index (χ4v) is 2.50. The average molecular weight is 296 g/mol. The minimum Gasteiger partial charge on any atom is -0.481 e. The molecular weight excluding hydrogens is 277 g/mol. The second-order valence-corrected chi connectivity index (χ2v) is 5.53. The van der Waals surface area contributed by atoms with Gasteiger partial charge in [0, 0.05) is 13.1 Å². The van der Waals surface area contributed by atoms with E-state index in [9.17, 15) is 22.8 Å². The van der Waals surface area contributed by atoms with Gasteiger partial charge in [0.15, 0.2) is 5.41 Å². The highest BCUT2D eigenvalue weighted by Gasteiger charge is 2.64. The van der Waals surface area contributed by atoms with E-state index in [1.54, 1.807) is 6.92 Å². The Morgan fingerprint density at radius 1 is 1.40 bits per heavy atom. The van der Waals surface area contributed by atoms with Gasteiger partial charge in [-0.2, -0.15) is 13.2 Å². The van der Waals surface area contributed by atoms with Gasteiger partial charge in [0.25, 0.3) is 0 Å². The highest BCUT2D eigenvalue weighted by molar-refractivity contribution is 5.87. The number of alkyl halides is 3. The molecule has 1 aliphatic rings. The topological polar surface area (TPSA) is 83.6 Å². The fraction of sp³-hybridized carbons (Fsp3) is 0.833. The Balaban J connectivity index is 2.96. The van der Waals surface area contributed by atoms with Crippen LogP contribution in [0.4, 0.5) is 13.2 Å². The number of carbonyl (C=O) groups is 2. The lowest BCUT2D eigenvalue weighted by molar-refractivity contribution is -0.227. The van der Waals surface area contributed by atoms with Crippen LogP contribution in [0, 0.1) is 5.41 Å². The van der Waals surface area contributed by atoms with Gasteiger partial charge < -0.3 is 15.7 Å². The first-order valence-electron chi connectivity index (χ1n) is 6.36. The Bertz CT molecular complexity index is 409. The second kappa shape index (κ2) is 5.23. The molecule has 0 saturated carbocycles. The quantitative estimate of drug-likeness (QED) is 0.820. The summed E-state index contributed by atoms with van der Waals surface area (Å²) in [7, 11) is 0. The molecule has 1 rings (SSSR count). The summed E-state index contributed by atoms with van der Waals surface area (Å²) in [6.45, 7) is 2.13. The molecule has 0 aromatic rings. The smallest absolute Gasteiger partial charge is 0.406 e. The molecule has 0 radical (unpaired) electrons. The maximum atomic E-state index is 13.0. The van der Waals surface area contributed by atoms with Crippen LogP contribution in [0.25, 0.3) is 0 Å². The van der Waals surface area contributed by atoms with Gasteiger partial charge in [-0.25, -0.2) is 0 Å². The number of carbonyl (C=O) groups excluding carboxylic acids is 1. The zero-order chi connectivity index (χ0) is 15.8. The molecule has 0 aliphatic carbocycles. The summed E-state index contributed by atoms with van der Waals surface area (Å²) < 4.78 is 39.0. The molecule has 1 amide bonds. The number of amides is 1. The number of halogens is 3. The molecule has 0 spiro atoms. The molecule has 1 saturated heterocycles. The van der Waals surface area contributed by atoms with E-state index in [0.717, 1.165) is 4.90 Å². The summed E-state index contributed by atoms with van der Waals surface area (Å²) in [6.07, 6.45) is -4.60. The highest BCUT2D eigenvalue weighted by Crippen LogP contribution is 2.46. The van der Waals surface area contributed by atoms with Crippen molar-refractivity contribution in [3.63, 3.8) is 0 Å². The van der Waals surface area contributed by atoms with E-state index in [0.29, 0.717) is 12.8 Å². The molecule has 20 heavy (non-hydrogen) atoms. The van der Waals surface area contributed by atoms with Crippen molar-refractivity contribution in [3.05, 3.63) is 0 Å². The van der Waals surface area contributed by atoms with Crippen molar-refractivity contribution in [2.45, 2.75) is 44.8 Å². The van der Waals surface area contributed by atoms with Crippen LogP contribution in [0.15, 0.2) is 0 Å². The molecule has 0 bridgehead atoms. The standard InChI is InChI=1S/C12H19F3N2O3/c1-3-4-10(2,16)8(18)17-6-5-11(7-17,9(19)20)12(13,14)15/h3-7,16H2,1-2H3,(H,19,20). The van der Waals surface area contributed by atoms with E-state index in [2.05, 4.69) is 0 Å². The van der Waals surface area contributed by atoms with Crippen LogP contribution in [0.5, 0.6) is 0 Å². The summed E-state index contributed by atoms with van der Waals surface area (Å²) in [5.74, 6) is -2.58. The first kappa shape index (κ1) is 16.7. The third kappa shape index (κ3) is 2.74. The molecule has 0 aromatic carbocycles. The predicted octanol–water partition coefficient (Wildman–Crippen LogP) is 1.37. The Labute approximate surface area is 114 Å². The van der Waals surface area contributed by atoms with Crippen molar-refractivity contribution in [2.75, 3.05) is 13.1 Å². The third-order valence-electron chi connectivity index (χ3n) is 3.77. The monoisotopic (exact) mass is 296 g/mol. The number of likely N-dealkylation sites (tertiary alicyclic amines) is 1. The molecule has 2 atom stereocenters. The van der Waals surface area contributed by atoms with E-state index in [1.807, 2.05) is 0 Å². The van der Waals surface area contributed by atoms with Crippen molar-refractivity contribution in [1.29, 1.82) is 0 Å². The van der Waals surface area contributed by atoms with E-state index < -0.39 is 42.0 Å². The van der Waals surface area contributed by atoms with Crippen LogP contribution in [-0.2, 0) is 9.59 Å². The first-order valence-corrected chi connectivity index (χ1v) is 6.36. The number of rotatable bonds is 4. The number of aliphatic carboxylic acids is 1. The second-order valence-electron chi connectivity index (χ2n) is 5.53. The zero-order valence-electron chi connectivity index (χ0n) is 11.5. The van der Waals surface area contributed by atoms with Crippen molar-refractivity contribution in [2.24, 2.45) is 11.1 Å². The molecule has 0 aromatic heterocycles. The van der Waals surface area contributed by atoms with E-state index in [1.165, 1.54) is 6.92 Å². The molecule has 8 heteroatoms. The zero-order valence-corrected chi connectivity index (χ0v) is 11.5. The summed E-state index contributed by atoms with van der Waals surface area (Å²) >= 11 is 0. The highest BCUT2D eigenvalue weighted by atomic mass is 19.4. The normalized spacial score (nSPS) is 26.4. The minimum atomic E-state index is -4.90. The molecule has 2 unspecified atom stereocenters. The SMILES string of the molecule is CCCC(C)(N)C(=O)N1CCC(C(=O)O)(C(F)(F)F)C1. The van der Waals surface area contributed by atoms with Gasteiger partial charge in [-0.3, -0.25) is 9.59 Å². The maximum absolute atomic E-state index is 13.0. The Kier molecular flexibility index (Phi) is 4.38. The van der Waals surface area contributed by atoms with Gasteiger partial charge in [-0.05, 0) is 19.8 Å². The van der Waals surface area contributed by atoms with Crippen molar-refractivity contribution >= 4 is 11.9 Å². The number of hydrogen-bond acceptors (Lipinski definition) is 3. The lowest BCUT2D eigenvalue weighted by Gasteiger charge is -2.31. The van der Waals surface area contributed by atoms with Crippen LogP contribution in [0.3, 0.4) is 0 Å². The molecule has 5 nitrogen and oxygen atoms in total. The fourth-order valence-electron chi connectivity index (χ4n) is 2.50. The summed E-state index contributed by atoms with van der Waals surface area (Å²) in [5.41, 5.74) is 1.65. The number of hydrogen-bond donors (Lipinski definition) is 2. The van der Waals surface area contributed by atoms with Crippen LogP contribution < -0.4 is 5.73 Å². The molecule has 1 aliphatic heterocycles. The largest absolute Gasteiger partial charge is 0.481 e. The van der Waals surface area contributed by atoms with E-state index in [-0.39, 0.29) is 6.54 Å². The number of carboxylic acids is 1. The Morgan fingerprint density at radius 2 is 1.95 bits per heavy atom. The van der Waals surface area contributed by atoms with Gasteiger partial charge in [0.05, 0.1) is 5.54 Å². The molecule has 1 heterocycles. The van der Waals surface area contributed by atoms with Crippen molar-refractivity contribution < 1.29 is 27.9 Å². The molecule has 116 valence electrons. The van der Waals surface area contributed by atoms with Crippen LogP contribution >= 0.6 is 0 Å². The van der Waals surface area contributed by atoms with Gasteiger partial charge in [-0.15, -0.1) is 0 Å².